The molecule has 0 fully saturated rings. The van der Waals surface area contributed by atoms with E-state index in [-0.39, 0.29) is 15.5 Å². The lowest BCUT2D eigenvalue weighted by molar-refractivity contribution is 0.0937. The van der Waals surface area contributed by atoms with Gasteiger partial charge in [0.1, 0.15) is 5.69 Å². The van der Waals surface area contributed by atoms with Gasteiger partial charge < -0.3 is 4.57 Å². The molecular formula is C12H13BrN4O5S2. The van der Waals surface area contributed by atoms with Crippen LogP contribution in [0.1, 0.15) is 10.5 Å². The first kappa shape index (κ1) is 18.6. The molecule has 0 spiro atoms. The summed E-state index contributed by atoms with van der Waals surface area (Å²) >= 11 is 3.20. The summed E-state index contributed by atoms with van der Waals surface area (Å²) < 4.78 is 49.0. The summed E-state index contributed by atoms with van der Waals surface area (Å²) in [6.07, 6.45) is 1.62. The molecule has 4 N–H and O–H groups in total. The Balaban J connectivity index is 2.20. The minimum Gasteiger partial charge on any atom is -0.345 e. The van der Waals surface area contributed by atoms with Gasteiger partial charge in [-0.1, -0.05) is 6.07 Å². The zero-order valence-corrected chi connectivity index (χ0v) is 15.4. The molecule has 1 aromatic carbocycles. The number of sulfonamides is 2. The number of hydrogen-bond donors (Lipinski definition) is 3. The first-order chi connectivity index (χ1) is 11.0. The van der Waals surface area contributed by atoms with Gasteiger partial charge in [-0.05, 0) is 40.2 Å². The van der Waals surface area contributed by atoms with Gasteiger partial charge in [-0.15, -0.1) is 4.83 Å². The first-order valence-electron chi connectivity index (χ1n) is 6.27. The number of rotatable bonds is 5. The molecule has 0 saturated carbocycles. The molecule has 0 aliphatic rings. The Kier molecular flexibility index (Phi) is 5.15. The Hall–Kier alpha value is -1.73. The quantitative estimate of drug-likeness (QED) is 0.568. The lowest BCUT2D eigenvalue weighted by Gasteiger charge is -2.09. The molecule has 0 aliphatic carbocycles. The molecule has 9 nitrogen and oxygen atoms in total. The predicted octanol–water partition coefficient (Wildman–Crippen LogP) is 0.0583. The fraction of sp³-hybridized carbons (Fsp3) is 0.0833. The molecule has 0 bridgehead atoms. The maximum atomic E-state index is 12.2. The highest BCUT2D eigenvalue weighted by atomic mass is 79.9. The maximum Gasteiger partial charge on any atom is 0.282 e. The molecule has 0 radical (unpaired) electrons. The van der Waals surface area contributed by atoms with Crippen molar-refractivity contribution in [1.29, 1.82) is 0 Å². The van der Waals surface area contributed by atoms with Crippen LogP contribution in [0.3, 0.4) is 0 Å². The monoisotopic (exact) mass is 436 g/mol. The highest BCUT2D eigenvalue weighted by Gasteiger charge is 2.19. The average molecular weight is 437 g/mol. The number of carbonyl (C=O) groups excluding carboxylic acids is 1. The molecule has 1 heterocycles. The Bertz CT molecular complexity index is 998. The van der Waals surface area contributed by atoms with Crippen LogP contribution in [0.2, 0.25) is 0 Å². The van der Waals surface area contributed by atoms with Gasteiger partial charge in [-0.25, -0.2) is 22.0 Å². The van der Waals surface area contributed by atoms with Crippen molar-refractivity contribution >= 4 is 41.9 Å². The Morgan fingerprint density at radius 1 is 1.17 bits per heavy atom. The van der Waals surface area contributed by atoms with E-state index in [9.17, 15) is 21.6 Å². The van der Waals surface area contributed by atoms with Crippen molar-refractivity contribution < 1.29 is 21.6 Å². The molecule has 2 rings (SSSR count). The van der Waals surface area contributed by atoms with E-state index in [0.717, 1.165) is 12.1 Å². The van der Waals surface area contributed by atoms with Gasteiger partial charge >= 0.3 is 0 Å². The molecule has 130 valence electrons. The summed E-state index contributed by atoms with van der Waals surface area (Å²) in [4.78, 5) is 13.2. The van der Waals surface area contributed by atoms with Gasteiger partial charge in [-0.3, -0.25) is 10.2 Å². The second-order valence-corrected chi connectivity index (χ2v) is 8.89. The summed E-state index contributed by atoms with van der Waals surface area (Å²) in [6.45, 7) is 0. The number of carbonyl (C=O) groups is 1. The smallest absolute Gasteiger partial charge is 0.282 e. The number of hydrogen-bond acceptors (Lipinski definition) is 5. The summed E-state index contributed by atoms with van der Waals surface area (Å²) in [5.41, 5.74) is 2.26. The lowest BCUT2D eigenvalue weighted by atomic mass is 10.4. The third kappa shape index (κ3) is 4.21. The number of benzene rings is 1. The van der Waals surface area contributed by atoms with Crippen LogP contribution in [0.25, 0.3) is 0 Å². The highest BCUT2D eigenvalue weighted by Crippen LogP contribution is 2.15. The van der Waals surface area contributed by atoms with Crippen molar-refractivity contribution in [2.75, 3.05) is 0 Å². The van der Waals surface area contributed by atoms with Gasteiger partial charge in [0.25, 0.3) is 15.9 Å². The third-order valence-corrected chi connectivity index (χ3v) is 5.54. The minimum absolute atomic E-state index is 0.211. The number of nitrogens with one attached hydrogen (secondary N) is 2. The van der Waals surface area contributed by atoms with Gasteiger partial charge in [-0.2, -0.15) is 0 Å². The molecule has 0 unspecified atom stereocenters. The fourth-order valence-corrected chi connectivity index (χ4v) is 3.85. The standard InChI is InChI=1S/C12H13BrN4O5S2/c1-17-7-8(13)5-11(17)12(18)15-16-24(21,22)10-4-2-3-9(6-10)23(14,19)20/h2-7,16H,1H3,(H,15,18)(H2,14,19,20). The van der Waals surface area contributed by atoms with Gasteiger partial charge in [0.05, 0.1) is 9.79 Å². The number of amides is 1. The molecule has 0 atom stereocenters. The lowest BCUT2D eigenvalue weighted by Crippen LogP contribution is -2.42. The maximum absolute atomic E-state index is 12.2. The summed E-state index contributed by atoms with van der Waals surface area (Å²) in [7, 11) is -6.61. The van der Waals surface area contributed by atoms with Crippen molar-refractivity contribution in [2.45, 2.75) is 9.79 Å². The molecule has 0 aliphatic heterocycles. The van der Waals surface area contributed by atoms with Crippen LogP contribution < -0.4 is 15.4 Å². The highest BCUT2D eigenvalue weighted by molar-refractivity contribution is 9.10. The van der Waals surface area contributed by atoms with Crippen molar-refractivity contribution in [2.24, 2.45) is 12.2 Å². The first-order valence-corrected chi connectivity index (χ1v) is 10.1. The SMILES string of the molecule is Cn1cc(Br)cc1C(=O)NNS(=O)(=O)c1cccc(S(N)(=O)=O)c1. The van der Waals surface area contributed by atoms with Crippen LogP contribution in [0, 0.1) is 0 Å². The Labute approximate surface area is 147 Å². The molecule has 12 heteroatoms. The van der Waals surface area contributed by atoms with Crippen molar-refractivity contribution in [3.63, 3.8) is 0 Å². The number of aryl methyl sites for hydroxylation is 1. The number of aromatic nitrogens is 1. The van der Waals surface area contributed by atoms with Crippen LogP contribution in [-0.2, 0) is 27.1 Å². The Morgan fingerprint density at radius 2 is 1.79 bits per heavy atom. The van der Waals surface area contributed by atoms with Crippen molar-refractivity contribution in [1.82, 2.24) is 14.8 Å². The number of nitrogens with zero attached hydrogens (tertiary/aromatic N) is 1. The van der Waals surface area contributed by atoms with E-state index >= 15 is 0 Å². The van der Waals surface area contributed by atoms with E-state index in [4.69, 9.17) is 5.14 Å². The van der Waals surface area contributed by atoms with E-state index in [1.807, 2.05) is 4.83 Å². The Morgan fingerprint density at radius 3 is 2.33 bits per heavy atom. The molecule has 1 aromatic heterocycles. The van der Waals surface area contributed by atoms with Crippen LogP contribution in [0.4, 0.5) is 0 Å². The second-order valence-electron chi connectivity index (χ2n) is 4.73. The number of primary sulfonamides is 1. The van der Waals surface area contributed by atoms with E-state index in [0.29, 0.717) is 4.47 Å². The summed E-state index contributed by atoms with van der Waals surface area (Å²) in [5, 5.41) is 4.97. The van der Waals surface area contributed by atoms with Crippen LogP contribution in [0.5, 0.6) is 0 Å². The topological polar surface area (TPSA) is 140 Å². The number of nitrogens with two attached hydrogens (primary N) is 1. The van der Waals surface area contributed by atoms with Gasteiger partial charge in [0.15, 0.2) is 0 Å². The molecule has 2 aromatic rings. The van der Waals surface area contributed by atoms with Crippen LogP contribution in [-0.4, -0.2) is 27.3 Å². The molecular weight excluding hydrogens is 424 g/mol. The summed E-state index contributed by atoms with van der Waals surface area (Å²) in [5.74, 6) is -0.686. The summed E-state index contributed by atoms with van der Waals surface area (Å²) in [6, 6.07) is 5.95. The fourth-order valence-electron chi connectivity index (χ4n) is 1.80. The van der Waals surface area contributed by atoms with E-state index in [2.05, 4.69) is 21.4 Å². The largest absolute Gasteiger partial charge is 0.345 e. The van der Waals surface area contributed by atoms with Gasteiger partial charge in [0.2, 0.25) is 10.0 Å². The van der Waals surface area contributed by atoms with Crippen LogP contribution >= 0.6 is 15.9 Å². The second kappa shape index (κ2) is 6.64. The zero-order valence-electron chi connectivity index (χ0n) is 12.2. The molecule has 0 saturated heterocycles. The zero-order chi connectivity index (χ0) is 18.1. The van der Waals surface area contributed by atoms with E-state index in [1.54, 1.807) is 13.2 Å². The van der Waals surface area contributed by atoms with Crippen molar-refractivity contribution in [3.05, 3.63) is 46.7 Å². The average Bonchev–Trinajstić information content (AvgIpc) is 2.83. The van der Waals surface area contributed by atoms with Crippen molar-refractivity contribution in [3.8, 4) is 0 Å². The van der Waals surface area contributed by atoms with Gasteiger partial charge in [0, 0.05) is 17.7 Å². The number of halogens is 1. The normalized spacial score (nSPS) is 12.1. The number of hydrazine groups is 1. The molecule has 1 amide bonds. The van der Waals surface area contributed by atoms with E-state index in [1.165, 1.54) is 22.8 Å². The third-order valence-electron chi connectivity index (χ3n) is 2.95. The molecule has 24 heavy (non-hydrogen) atoms. The van der Waals surface area contributed by atoms with Crippen LogP contribution in [0.15, 0.2) is 50.8 Å². The minimum atomic E-state index is -4.18. The van der Waals surface area contributed by atoms with E-state index < -0.39 is 26.0 Å². The predicted molar refractivity (Wildman–Crippen MR) is 88.7 cm³/mol.